The van der Waals surface area contributed by atoms with Gasteiger partial charge in [-0.15, -0.1) is 0 Å². The van der Waals surface area contributed by atoms with E-state index in [1.807, 2.05) is 25.1 Å². The average Bonchev–Trinajstić information content (AvgIpc) is 3.14. The van der Waals surface area contributed by atoms with Gasteiger partial charge >= 0.3 is 0 Å². The lowest BCUT2D eigenvalue weighted by Gasteiger charge is -2.11. The molecule has 1 aromatic carbocycles. The van der Waals surface area contributed by atoms with Crippen LogP contribution in [0.3, 0.4) is 0 Å². The summed E-state index contributed by atoms with van der Waals surface area (Å²) in [5.41, 5.74) is 2.01. The van der Waals surface area contributed by atoms with Crippen molar-refractivity contribution < 1.29 is 14.0 Å². The fourth-order valence-corrected chi connectivity index (χ4v) is 2.68. The van der Waals surface area contributed by atoms with Crippen molar-refractivity contribution >= 4 is 17.5 Å². The third-order valence-electron chi connectivity index (χ3n) is 4.10. The van der Waals surface area contributed by atoms with Crippen LogP contribution in [0.5, 0.6) is 0 Å². The Hall–Kier alpha value is -2.56. The van der Waals surface area contributed by atoms with E-state index in [4.69, 9.17) is 4.42 Å². The predicted octanol–water partition coefficient (Wildman–Crippen LogP) is 2.69. The van der Waals surface area contributed by atoms with E-state index in [0.29, 0.717) is 11.3 Å². The van der Waals surface area contributed by atoms with Crippen molar-refractivity contribution in [1.82, 2.24) is 5.32 Å². The number of rotatable bonds is 4. The molecule has 0 bridgehead atoms. The van der Waals surface area contributed by atoms with Crippen molar-refractivity contribution in [3.8, 4) is 0 Å². The van der Waals surface area contributed by atoms with Crippen LogP contribution >= 0.6 is 0 Å². The number of carbonyl (C=O) groups excluding carboxylic acids is 2. The normalized spacial score (nSPS) is 19.5. The van der Waals surface area contributed by atoms with Crippen LogP contribution < -0.4 is 10.6 Å². The molecule has 1 heterocycles. The van der Waals surface area contributed by atoms with Crippen LogP contribution in [0, 0.1) is 12.8 Å². The van der Waals surface area contributed by atoms with Gasteiger partial charge in [0.05, 0.1) is 6.26 Å². The molecule has 0 saturated heterocycles. The fraction of sp³-hybridized carbons (Fsp3) is 0.294. The van der Waals surface area contributed by atoms with Crippen molar-refractivity contribution in [3.05, 3.63) is 53.5 Å². The fourth-order valence-electron chi connectivity index (χ4n) is 2.68. The standard InChI is InChI=1S/C17H18N2O3/c1-10-11(16(20)18-2)5-3-6-14(10)19-17(21)13-9-12(13)15-7-4-8-22-15/h3-8,12-13H,9H2,1-2H3,(H,18,20)(H,19,21). The predicted molar refractivity (Wildman–Crippen MR) is 82.8 cm³/mol. The van der Waals surface area contributed by atoms with Gasteiger partial charge in [-0.1, -0.05) is 6.07 Å². The molecule has 2 amide bonds. The van der Waals surface area contributed by atoms with E-state index in [1.54, 1.807) is 25.4 Å². The van der Waals surface area contributed by atoms with Crippen molar-refractivity contribution in [2.45, 2.75) is 19.3 Å². The third kappa shape index (κ3) is 2.62. The molecule has 1 aliphatic rings. The number of nitrogens with one attached hydrogen (secondary N) is 2. The average molecular weight is 298 g/mol. The molecular formula is C17H18N2O3. The first-order valence-corrected chi connectivity index (χ1v) is 7.27. The Morgan fingerprint density at radius 3 is 2.73 bits per heavy atom. The molecule has 1 aliphatic carbocycles. The maximum Gasteiger partial charge on any atom is 0.251 e. The summed E-state index contributed by atoms with van der Waals surface area (Å²) in [6, 6.07) is 9.05. The Morgan fingerprint density at radius 1 is 1.23 bits per heavy atom. The maximum atomic E-state index is 12.3. The molecule has 5 nitrogen and oxygen atoms in total. The molecular weight excluding hydrogens is 280 g/mol. The molecule has 3 rings (SSSR count). The van der Waals surface area contributed by atoms with Crippen LogP contribution in [0.4, 0.5) is 5.69 Å². The molecule has 0 spiro atoms. The number of hydrogen-bond acceptors (Lipinski definition) is 3. The highest BCUT2D eigenvalue weighted by Crippen LogP contribution is 2.48. The van der Waals surface area contributed by atoms with Gasteiger partial charge in [0.15, 0.2) is 0 Å². The zero-order chi connectivity index (χ0) is 15.7. The molecule has 2 atom stereocenters. The molecule has 0 aliphatic heterocycles. The van der Waals surface area contributed by atoms with Gasteiger partial charge in [0.2, 0.25) is 5.91 Å². The van der Waals surface area contributed by atoms with Gasteiger partial charge in [0, 0.05) is 30.1 Å². The minimum Gasteiger partial charge on any atom is -0.469 e. The van der Waals surface area contributed by atoms with E-state index in [2.05, 4.69) is 10.6 Å². The number of hydrogen-bond donors (Lipinski definition) is 2. The van der Waals surface area contributed by atoms with Gasteiger partial charge < -0.3 is 15.1 Å². The first-order valence-electron chi connectivity index (χ1n) is 7.27. The lowest BCUT2D eigenvalue weighted by Crippen LogP contribution is -2.21. The zero-order valence-electron chi connectivity index (χ0n) is 12.6. The van der Waals surface area contributed by atoms with Crippen LogP contribution in [-0.2, 0) is 4.79 Å². The molecule has 2 N–H and O–H groups in total. The molecule has 2 unspecified atom stereocenters. The van der Waals surface area contributed by atoms with Gasteiger partial charge in [-0.2, -0.15) is 0 Å². The van der Waals surface area contributed by atoms with E-state index in [9.17, 15) is 9.59 Å². The summed E-state index contributed by atoms with van der Waals surface area (Å²) in [6.07, 6.45) is 2.42. The third-order valence-corrected chi connectivity index (χ3v) is 4.10. The van der Waals surface area contributed by atoms with Crippen LogP contribution in [0.1, 0.15) is 34.0 Å². The van der Waals surface area contributed by atoms with Gasteiger partial charge in [-0.3, -0.25) is 9.59 Å². The molecule has 1 fully saturated rings. The minimum absolute atomic E-state index is 0.0291. The second-order valence-electron chi connectivity index (χ2n) is 5.51. The Morgan fingerprint density at radius 2 is 2.05 bits per heavy atom. The second kappa shape index (κ2) is 5.67. The maximum absolute atomic E-state index is 12.3. The van der Waals surface area contributed by atoms with Gasteiger partial charge in [-0.05, 0) is 43.2 Å². The number of amides is 2. The van der Waals surface area contributed by atoms with E-state index in [-0.39, 0.29) is 23.7 Å². The largest absolute Gasteiger partial charge is 0.469 e. The molecule has 114 valence electrons. The molecule has 0 radical (unpaired) electrons. The Labute approximate surface area is 128 Å². The van der Waals surface area contributed by atoms with Gasteiger partial charge in [-0.25, -0.2) is 0 Å². The molecule has 2 aromatic rings. The van der Waals surface area contributed by atoms with E-state index in [1.165, 1.54) is 0 Å². The minimum atomic E-state index is -0.159. The molecule has 1 aromatic heterocycles. The lowest BCUT2D eigenvalue weighted by molar-refractivity contribution is -0.117. The number of benzene rings is 1. The smallest absolute Gasteiger partial charge is 0.251 e. The van der Waals surface area contributed by atoms with E-state index < -0.39 is 0 Å². The van der Waals surface area contributed by atoms with Crippen molar-refractivity contribution in [2.24, 2.45) is 5.92 Å². The first-order chi connectivity index (χ1) is 10.6. The highest BCUT2D eigenvalue weighted by Gasteiger charge is 2.45. The first kappa shape index (κ1) is 14.4. The summed E-state index contributed by atoms with van der Waals surface area (Å²) in [5, 5.41) is 5.52. The van der Waals surface area contributed by atoms with Gasteiger partial charge in [0.25, 0.3) is 5.91 Å². The molecule has 5 heteroatoms. The summed E-state index contributed by atoms with van der Waals surface area (Å²) < 4.78 is 5.34. The highest BCUT2D eigenvalue weighted by molar-refractivity contribution is 6.00. The quantitative estimate of drug-likeness (QED) is 0.911. The van der Waals surface area contributed by atoms with Crippen molar-refractivity contribution in [1.29, 1.82) is 0 Å². The number of furan rings is 1. The van der Waals surface area contributed by atoms with Crippen LogP contribution in [-0.4, -0.2) is 18.9 Å². The van der Waals surface area contributed by atoms with Crippen LogP contribution in [0.25, 0.3) is 0 Å². The van der Waals surface area contributed by atoms with Crippen molar-refractivity contribution in [2.75, 3.05) is 12.4 Å². The summed E-state index contributed by atoms with van der Waals surface area (Å²) in [7, 11) is 1.59. The number of carbonyl (C=O) groups is 2. The number of anilines is 1. The summed E-state index contributed by atoms with van der Waals surface area (Å²) in [6.45, 7) is 1.83. The zero-order valence-corrected chi connectivity index (χ0v) is 12.6. The molecule has 1 saturated carbocycles. The van der Waals surface area contributed by atoms with E-state index >= 15 is 0 Å². The Kier molecular flexibility index (Phi) is 3.71. The summed E-state index contributed by atoms with van der Waals surface area (Å²) >= 11 is 0. The SMILES string of the molecule is CNC(=O)c1cccc(NC(=O)C2CC2c2ccco2)c1C. The summed E-state index contributed by atoms with van der Waals surface area (Å²) in [4.78, 5) is 24.1. The van der Waals surface area contributed by atoms with Crippen LogP contribution in [0.15, 0.2) is 41.0 Å². The summed E-state index contributed by atoms with van der Waals surface area (Å²) in [5.74, 6) is 0.773. The second-order valence-corrected chi connectivity index (χ2v) is 5.51. The topological polar surface area (TPSA) is 71.3 Å². The Balaban J connectivity index is 1.72. The molecule has 22 heavy (non-hydrogen) atoms. The van der Waals surface area contributed by atoms with Crippen molar-refractivity contribution in [3.63, 3.8) is 0 Å². The highest BCUT2D eigenvalue weighted by atomic mass is 16.3. The Bertz CT molecular complexity index is 707. The lowest BCUT2D eigenvalue weighted by atomic mass is 10.1. The van der Waals surface area contributed by atoms with Gasteiger partial charge in [0.1, 0.15) is 5.76 Å². The monoisotopic (exact) mass is 298 g/mol. The van der Waals surface area contributed by atoms with Crippen LogP contribution in [0.2, 0.25) is 0 Å². The van der Waals surface area contributed by atoms with E-state index in [0.717, 1.165) is 17.7 Å².